The number of rotatable bonds is 5. The second-order valence-corrected chi connectivity index (χ2v) is 5.53. The highest BCUT2D eigenvalue weighted by Gasteiger charge is 2.22. The van der Waals surface area contributed by atoms with Gasteiger partial charge in [-0.1, -0.05) is 19.4 Å². The monoisotopic (exact) mass is 295 g/mol. The minimum absolute atomic E-state index is 0.213. The van der Waals surface area contributed by atoms with E-state index in [2.05, 4.69) is 0 Å². The summed E-state index contributed by atoms with van der Waals surface area (Å²) in [5, 5.41) is 8.89. The number of hydrogen-bond donors (Lipinski definition) is 1. The first-order chi connectivity index (χ1) is 10.1. The van der Waals surface area contributed by atoms with Gasteiger partial charge in [0.1, 0.15) is 11.6 Å². The van der Waals surface area contributed by atoms with Crippen LogP contribution in [0, 0.1) is 11.7 Å². The molecule has 1 aliphatic heterocycles. The molecule has 0 saturated carbocycles. The first-order valence-corrected chi connectivity index (χ1v) is 7.49. The van der Waals surface area contributed by atoms with Crippen LogP contribution in [0.5, 0.6) is 5.75 Å². The van der Waals surface area contributed by atoms with Gasteiger partial charge in [0.05, 0.1) is 6.61 Å². The number of piperidine rings is 1. The van der Waals surface area contributed by atoms with Crippen LogP contribution in [0.15, 0.2) is 18.2 Å². The molecule has 0 unspecified atom stereocenters. The lowest BCUT2D eigenvalue weighted by Gasteiger charge is -2.29. The molecule has 0 atom stereocenters. The highest BCUT2D eigenvalue weighted by atomic mass is 19.1. The summed E-state index contributed by atoms with van der Waals surface area (Å²) >= 11 is 0. The van der Waals surface area contributed by atoms with E-state index < -0.39 is 6.09 Å². The maximum absolute atomic E-state index is 13.8. The molecule has 2 rings (SSSR count). The van der Waals surface area contributed by atoms with Crippen molar-refractivity contribution in [3.63, 3.8) is 0 Å². The number of likely N-dealkylation sites (tertiary alicyclic amines) is 1. The van der Waals surface area contributed by atoms with Crippen molar-refractivity contribution < 1.29 is 19.0 Å². The molecule has 1 aliphatic rings. The number of benzene rings is 1. The van der Waals surface area contributed by atoms with Crippen LogP contribution in [-0.2, 0) is 6.42 Å². The standard InChI is InChI=1S/C16H22FNO3/c1-2-3-13-4-5-14(10-15(13)17)21-11-12-6-8-18(9-7-12)16(19)20/h4-5,10,12H,2-3,6-9,11H2,1H3,(H,19,20). The smallest absolute Gasteiger partial charge is 0.407 e. The van der Waals surface area contributed by atoms with Crippen LogP contribution in [0.25, 0.3) is 0 Å². The zero-order valence-electron chi connectivity index (χ0n) is 12.3. The molecule has 0 aromatic heterocycles. The molecule has 1 N–H and O–H groups in total. The van der Waals surface area contributed by atoms with Gasteiger partial charge < -0.3 is 14.7 Å². The minimum atomic E-state index is -0.858. The Labute approximate surface area is 124 Å². The first kappa shape index (κ1) is 15.6. The van der Waals surface area contributed by atoms with E-state index in [1.807, 2.05) is 6.92 Å². The summed E-state index contributed by atoms with van der Waals surface area (Å²) in [6, 6.07) is 5.03. The summed E-state index contributed by atoms with van der Waals surface area (Å²) in [5.74, 6) is 0.669. The summed E-state index contributed by atoms with van der Waals surface area (Å²) in [6.07, 6.45) is 2.38. The zero-order chi connectivity index (χ0) is 15.2. The SMILES string of the molecule is CCCc1ccc(OCC2CCN(C(=O)O)CC2)cc1F. The summed E-state index contributed by atoms with van der Waals surface area (Å²) in [6.45, 7) is 3.63. The number of hydrogen-bond acceptors (Lipinski definition) is 2. The van der Waals surface area contributed by atoms with E-state index in [0.717, 1.165) is 31.2 Å². The van der Waals surface area contributed by atoms with Crippen LogP contribution in [-0.4, -0.2) is 35.8 Å². The molecule has 0 radical (unpaired) electrons. The summed E-state index contributed by atoms with van der Waals surface area (Å²) in [7, 11) is 0. The fourth-order valence-electron chi connectivity index (χ4n) is 2.59. The zero-order valence-corrected chi connectivity index (χ0v) is 12.3. The molecule has 0 aliphatic carbocycles. The Hall–Kier alpha value is -1.78. The van der Waals surface area contributed by atoms with E-state index in [0.29, 0.717) is 31.4 Å². The Morgan fingerprint density at radius 2 is 2.14 bits per heavy atom. The van der Waals surface area contributed by atoms with Crippen molar-refractivity contribution in [2.24, 2.45) is 5.92 Å². The fourth-order valence-corrected chi connectivity index (χ4v) is 2.59. The van der Waals surface area contributed by atoms with Gasteiger partial charge in [0, 0.05) is 19.2 Å². The molecule has 21 heavy (non-hydrogen) atoms. The van der Waals surface area contributed by atoms with E-state index in [-0.39, 0.29) is 5.82 Å². The van der Waals surface area contributed by atoms with E-state index in [4.69, 9.17) is 9.84 Å². The van der Waals surface area contributed by atoms with Gasteiger partial charge in [0.25, 0.3) is 0 Å². The van der Waals surface area contributed by atoms with E-state index >= 15 is 0 Å². The van der Waals surface area contributed by atoms with E-state index in [1.54, 1.807) is 12.1 Å². The Morgan fingerprint density at radius 3 is 2.71 bits per heavy atom. The third-order valence-electron chi connectivity index (χ3n) is 3.91. The van der Waals surface area contributed by atoms with Crippen molar-refractivity contribution >= 4 is 6.09 Å². The normalized spacial score (nSPS) is 16.0. The lowest BCUT2D eigenvalue weighted by atomic mass is 9.98. The lowest BCUT2D eigenvalue weighted by molar-refractivity contribution is 0.111. The Bertz CT molecular complexity index is 484. The van der Waals surface area contributed by atoms with Gasteiger partial charge in [0.15, 0.2) is 0 Å². The Balaban J connectivity index is 1.81. The van der Waals surface area contributed by atoms with Gasteiger partial charge >= 0.3 is 6.09 Å². The number of aryl methyl sites for hydroxylation is 1. The number of halogens is 1. The highest BCUT2D eigenvalue weighted by Crippen LogP contribution is 2.21. The van der Waals surface area contributed by atoms with E-state index in [9.17, 15) is 9.18 Å². The van der Waals surface area contributed by atoms with Gasteiger partial charge in [-0.2, -0.15) is 0 Å². The Kier molecular flexibility index (Phi) is 5.42. The van der Waals surface area contributed by atoms with Crippen LogP contribution in [0.4, 0.5) is 9.18 Å². The van der Waals surface area contributed by atoms with Crippen molar-refractivity contribution in [3.8, 4) is 5.75 Å². The summed E-state index contributed by atoms with van der Waals surface area (Å²) in [5.41, 5.74) is 0.722. The molecule has 0 bridgehead atoms. The molecule has 1 aromatic rings. The topological polar surface area (TPSA) is 49.8 Å². The molecule has 1 aromatic carbocycles. The quantitative estimate of drug-likeness (QED) is 0.903. The van der Waals surface area contributed by atoms with Crippen molar-refractivity contribution in [1.29, 1.82) is 0 Å². The van der Waals surface area contributed by atoms with Gasteiger partial charge in [-0.15, -0.1) is 0 Å². The largest absolute Gasteiger partial charge is 0.493 e. The van der Waals surface area contributed by atoms with Crippen LogP contribution < -0.4 is 4.74 Å². The lowest BCUT2D eigenvalue weighted by Crippen LogP contribution is -2.38. The number of nitrogens with zero attached hydrogens (tertiary/aromatic N) is 1. The van der Waals surface area contributed by atoms with Crippen LogP contribution >= 0.6 is 0 Å². The molecule has 1 saturated heterocycles. The first-order valence-electron chi connectivity index (χ1n) is 7.49. The third-order valence-corrected chi connectivity index (χ3v) is 3.91. The second kappa shape index (κ2) is 7.29. The molecule has 4 nitrogen and oxygen atoms in total. The van der Waals surface area contributed by atoms with Crippen molar-refractivity contribution in [2.45, 2.75) is 32.6 Å². The van der Waals surface area contributed by atoms with Crippen molar-refractivity contribution in [3.05, 3.63) is 29.6 Å². The summed E-state index contributed by atoms with van der Waals surface area (Å²) < 4.78 is 19.4. The van der Waals surface area contributed by atoms with Gasteiger partial charge in [-0.3, -0.25) is 0 Å². The number of carbonyl (C=O) groups is 1. The van der Waals surface area contributed by atoms with Gasteiger partial charge in [0.2, 0.25) is 0 Å². The van der Waals surface area contributed by atoms with Crippen LogP contribution in [0.1, 0.15) is 31.7 Å². The molecule has 0 spiro atoms. The molecule has 1 heterocycles. The average Bonchev–Trinajstić information content (AvgIpc) is 2.48. The number of ether oxygens (including phenoxy) is 1. The number of amides is 1. The molecular formula is C16H22FNO3. The molecule has 1 amide bonds. The maximum atomic E-state index is 13.8. The third kappa shape index (κ3) is 4.34. The molecule has 1 fully saturated rings. The fraction of sp³-hybridized carbons (Fsp3) is 0.562. The Morgan fingerprint density at radius 1 is 1.43 bits per heavy atom. The van der Waals surface area contributed by atoms with Crippen LogP contribution in [0.2, 0.25) is 0 Å². The number of carboxylic acid groups (broad SMARTS) is 1. The summed E-state index contributed by atoms with van der Waals surface area (Å²) in [4.78, 5) is 12.2. The van der Waals surface area contributed by atoms with E-state index in [1.165, 1.54) is 11.0 Å². The minimum Gasteiger partial charge on any atom is -0.493 e. The van der Waals surface area contributed by atoms with Gasteiger partial charge in [-0.25, -0.2) is 9.18 Å². The van der Waals surface area contributed by atoms with Crippen molar-refractivity contribution in [1.82, 2.24) is 4.90 Å². The predicted molar refractivity (Wildman–Crippen MR) is 78.2 cm³/mol. The predicted octanol–water partition coefficient (Wildman–Crippen LogP) is 3.55. The maximum Gasteiger partial charge on any atom is 0.407 e. The average molecular weight is 295 g/mol. The van der Waals surface area contributed by atoms with Crippen LogP contribution in [0.3, 0.4) is 0 Å². The van der Waals surface area contributed by atoms with Crippen molar-refractivity contribution in [2.75, 3.05) is 19.7 Å². The van der Waals surface area contributed by atoms with Gasteiger partial charge in [-0.05, 0) is 36.8 Å². The molecule has 5 heteroatoms. The second-order valence-electron chi connectivity index (χ2n) is 5.53. The molecule has 116 valence electrons. The molecular weight excluding hydrogens is 273 g/mol. The highest BCUT2D eigenvalue weighted by molar-refractivity contribution is 5.64.